The Kier molecular flexibility index (Phi) is 7.87. The molecule has 2 aromatic rings. The number of nitrogens with zero attached hydrogens (tertiary/aromatic N) is 4. The molecule has 31 heavy (non-hydrogen) atoms. The Bertz CT molecular complexity index is 988. The fourth-order valence-corrected chi connectivity index (χ4v) is 4.01. The molecular formula is C23H30ClN5O2. The highest BCUT2D eigenvalue weighted by Gasteiger charge is 2.30. The van der Waals surface area contributed by atoms with Crippen molar-refractivity contribution in [3.63, 3.8) is 0 Å². The van der Waals surface area contributed by atoms with Gasteiger partial charge in [0, 0.05) is 38.8 Å². The molecule has 1 saturated heterocycles. The first kappa shape index (κ1) is 23.0. The summed E-state index contributed by atoms with van der Waals surface area (Å²) < 4.78 is 6.69. The minimum atomic E-state index is -0.127. The van der Waals surface area contributed by atoms with Crippen LogP contribution in [0.25, 0.3) is 11.4 Å². The highest BCUT2D eigenvalue weighted by atomic mass is 35.5. The zero-order valence-corrected chi connectivity index (χ0v) is 19.2. The van der Waals surface area contributed by atoms with Gasteiger partial charge in [-0.1, -0.05) is 54.1 Å². The Morgan fingerprint density at radius 3 is 2.94 bits per heavy atom. The zero-order valence-electron chi connectivity index (χ0n) is 18.4. The summed E-state index contributed by atoms with van der Waals surface area (Å²) in [6.45, 7) is 9.60. The molecule has 166 valence electrons. The number of likely N-dealkylation sites (tertiary alicyclic amines) is 1. The SMILES string of the molecule is C=C/C=C(\C=C/C)CNC1CCCCN(C(=O)c2c(-c3cc(C)on3)nn(C)c2Cl)C1. The number of rotatable bonds is 7. The lowest BCUT2D eigenvalue weighted by atomic mass is 10.1. The smallest absolute Gasteiger partial charge is 0.259 e. The average Bonchev–Trinajstić information content (AvgIpc) is 3.20. The fourth-order valence-electron chi connectivity index (χ4n) is 3.80. The number of aromatic nitrogens is 3. The summed E-state index contributed by atoms with van der Waals surface area (Å²) >= 11 is 6.49. The first-order valence-corrected chi connectivity index (χ1v) is 11.0. The van der Waals surface area contributed by atoms with Crippen molar-refractivity contribution < 1.29 is 9.32 Å². The molecule has 0 radical (unpaired) electrons. The van der Waals surface area contributed by atoms with Crippen molar-refractivity contribution in [1.29, 1.82) is 0 Å². The van der Waals surface area contributed by atoms with Gasteiger partial charge in [-0.2, -0.15) is 5.10 Å². The van der Waals surface area contributed by atoms with E-state index in [2.05, 4.69) is 28.2 Å². The molecule has 0 saturated carbocycles. The molecule has 1 unspecified atom stereocenters. The number of halogens is 1. The molecule has 1 aliphatic heterocycles. The number of amides is 1. The van der Waals surface area contributed by atoms with Gasteiger partial charge in [0.1, 0.15) is 27.9 Å². The molecule has 0 aliphatic carbocycles. The van der Waals surface area contributed by atoms with E-state index in [9.17, 15) is 4.79 Å². The standard InChI is InChI=1S/C23H30ClN5O2/c1-5-9-17(10-6-2)14-25-18-11-7-8-12-29(15-18)23(30)20-21(26-28(4)22(20)24)19-13-16(3)31-27-19/h5-6,9-10,13,18,25H,1,7-8,11-12,14-15H2,2-4H3/b10-6-,17-9+. The third kappa shape index (κ3) is 5.54. The van der Waals surface area contributed by atoms with E-state index in [4.69, 9.17) is 16.1 Å². The Morgan fingerprint density at radius 1 is 1.45 bits per heavy atom. The van der Waals surface area contributed by atoms with Crippen LogP contribution in [0.1, 0.15) is 42.3 Å². The van der Waals surface area contributed by atoms with Crippen molar-refractivity contribution in [3.05, 3.63) is 59.0 Å². The van der Waals surface area contributed by atoms with Crippen LogP contribution in [0.5, 0.6) is 0 Å². The van der Waals surface area contributed by atoms with Gasteiger partial charge in [0.15, 0.2) is 0 Å². The summed E-state index contributed by atoms with van der Waals surface area (Å²) in [6.07, 6.45) is 10.9. The van der Waals surface area contributed by atoms with Gasteiger partial charge in [-0.05, 0) is 32.3 Å². The van der Waals surface area contributed by atoms with E-state index < -0.39 is 0 Å². The first-order chi connectivity index (χ1) is 14.9. The Morgan fingerprint density at radius 2 is 2.26 bits per heavy atom. The van der Waals surface area contributed by atoms with Crippen molar-refractivity contribution in [2.75, 3.05) is 19.6 Å². The predicted octanol–water partition coefficient (Wildman–Crippen LogP) is 4.31. The van der Waals surface area contributed by atoms with Gasteiger partial charge in [-0.25, -0.2) is 0 Å². The Hall–Kier alpha value is -2.64. The summed E-state index contributed by atoms with van der Waals surface area (Å²) in [5.41, 5.74) is 2.49. The van der Waals surface area contributed by atoms with Crippen LogP contribution in [0.2, 0.25) is 5.15 Å². The second kappa shape index (κ2) is 10.6. The van der Waals surface area contributed by atoms with E-state index in [1.165, 1.54) is 4.68 Å². The Labute approximate surface area is 188 Å². The van der Waals surface area contributed by atoms with Gasteiger partial charge < -0.3 is 14.7 Å². The van der Waals surface area contributed by atoms with Crippen LogP contribution in [-0.4, -0.2) is 51.4 Å². The lowest BCUT2D eigenvalue weighted by molar-refractivity contribution is 0.0751. The van der Waals surface area contributed by atoms with Crippen molar-refractivity contribution in [3.8, 4) is 11.4 Å². The molecule has 1 aliphatic rings. The summed E-state index contributed by atoms with van der Waals surface area (Å²) in [5.74, 6) is 0.525. The molecule has 3 rings (SSSR count). The molecule has 7 nitrogen and oxygen atoms in total. The summed E-state index contributed by atoms with van der Waals surface area (Å²) in [7, 11) is 1.72. The van der Waals surface area contributed by atoms with Gasteiger partial charge in [-0.3, -0.25) is 9.48 Å². The number of carbonyl (C=O) groups is 1. The summed E-state index contributed by atoms with van der Waals surface area (Å²) in [6, 6.07) is 1.95. The van der Waals surface area contributed by atoms with Gasteiger partial charge in [0.2, 0.25) is 0 Å². The maximum Gasteiger partial charge on any atom is 0.259 e. The molecule has 0 spiro atoms. The summed E-state index contributed by atoms with van der Waals surface area (Å²) in [5, 5.41) is 12.4. The third-order valence-corrected chi connectivity index (χ3v) is 5.76. The number of aryl methyl sites for hydroxylation is 2. The molecule has 1 amide bonds. The third-order valence-electron chi connectivity index (χ3n) is 5.33. The highest BCUT2D eigenvalue weighted by Crippen LogP contribution is 2.30. The monoisotopic (exact) mass is 443 g/mol. The van der Waals surface area contributed by atoms with Crippen LogP contribution in [0.3, 0.4) is 0 Å². The van der Waals surface area contributed by atoms with E-state index >= 15 is 0 Å². The van der Waals surface area contributed by atoms with Crippen LogP contribution >= 0.6 is 11.6 Å². The highest BCUT2D eigenvalue weighted by molar-refractivity contribution is 6.33. The van der Waals surface area contributed by atoms with Crippen molar-refractivity contribution in [1.82, 2.24) is 25.2 Å². The first-order valence-electron chi connectivity index (χ1n) is 10.6. The largest absolute Gasteiger partial charge is 0.361 e. The molecular weight excluding hydrogens is 414 g/mol. The molecule has 3 heterocycles. The van der Waals surface area contributed by atoms with Crippen LogP contribution in [-0.2, 0) is 7.05 Å². The number of allylic oxidation sites excluding steroid dienone is 3. The molecule has 1 N–H and O–H groups in total. The minimum absolute atomic E-state index is 0.127. The summed E-state index contributed by atoms with van der Waals surface area (Å²) in [4.78, 5) is 15.4. The quantitative estimate of drug-likeness (QED) is 0.645. The molecule has 2 aromatic heterocycles. The topological polar surface area (TPSA) is 76.2 Å². The van der Waals surface area contributed by atoms with Crippen molar-refractivity contribution in [2.24, 2.45) is 7.05 Å². The number of hydrogen-bond donors (Lipinski definition) is 1. The lowest BCUT2D eigenvalue weighted by Gasteiger charge is -2.25. The minimum Gasteiger partial charge on any atom is -0.361 e. The van der Waals surface area contributed by atoms with Gasteiger partial charge in [0.25, 0.3) is 5.91 Å². The van der Waals surface area contributed by atoms with Crippen LogP contribution < -0.4 is 5.32 Å². The second-order valence-electron chi connectivity index (χ2n) is 7.76. The Balaban J connectivity index is 1.80. The average molecular weight is 444 g/mol. The molecule has 1 atom stereocenters. The second-order valence-corrected chi connectivity index (χ2v) is 8.12. The zero-order chi connectivity index (χ0) is 22.4. The molecule has 1 fully saturated rings. The van der Waals surface area contributed by atoms with Crippen molar-refractivity contribution in [2.45, 2.75) is 39.2 Å². The fraction of sp³-hybridized carbons (Fsp3) is 0.435. The number of carbonyl (C=O) groups excluding carboxylic acids is 1. The van der Waals surface area contributed by atoms with Gasteiger partial charge in [0.05, 0.1) is 0 Å². The molecule has 0 aromatic carbocycles. The van der Waals surface area contributed by atoms with E-state index in [1.54, 1.807) is 26.1 Å². The molecule has 0 bridgehead atoms. The normalized spacial score (nSPS) is 17.9. The van der Waals surface area contributed by atoms with Crippen LogP contribution in [0.15, 0.2) is 47.0 Å². The molecule has 8 heteroatoms. The van der Waals surface area contributed by atoms with Gasteiger partial charge in [-0.15, -0.1) is 0 Å². The van der Waals surface area contributed by atoms with Gasteiger partial charge >= 0.3 is 0 Å². The lowest BCUT2D eigenvalue weighted by Crippen LogP contribution is -2.43. The predicted molar refractivity (Wildman–Crippen MR) is 123 cm³/mol. The van der Waals surface area contributed by atoms with E-state index in [1.807, 2.05) is 24.0 Å². The maximum absolute atomic E-state index is 13.5. The van der Waals surface area contributed by atoms with Crippen LogP contribution in [0.4, 0.5) is 0 Å². The van der Waals surface area contributed by atoms with E-state index in [-0.39, 0.29) is 11.9 Å². The number of nitrogens with one attached hydrogen (secondary N) is 1. The van der Waals surface area contributed by atoms with E-state index in [0.29, 0.717) is 41.0 Å². The van der Waals surface area contributed by atoms with E-state index in [0.717, 1.165) is 31.4 Å². The van der Waals surface area contributed by atoms with Crippen LogP contribution in [0, 0.1) is 6.92 Å². The number of hydrogen-bond acceptors (Lipinski definition) is 5. The maximum atomic E-state index is 13.5. The van der Waals surface area contributed by atoms with Crippen molar-refractivity contribution >= 4 is 17.5 Å².